The van der Waals surface area contributed by atoms with Gasteiger partial charge in [0, 0.05) is 11.1 Å². The Morgan fingerprint density at radius 1 is 1.63 bits per heavy atom. The van der Waals surface area contributed by atoms with Crippen LogP contribution in [-0.4, -0.2) is 52.3 Å². The van der Waals surface area contributed by atoms with Crippen LogP contribution >= 0.6 is 11.3 Å². The minimum Gasteiger partial charge on any atom is -0.480 e. The second-order valence-corrected chi connectivity index (χ2v) is 5.93. The van der Waals surface area contributed by atoms with Gasteiger partial charge in [-0.25, -0.2) is 14.6 Å². The Morgan fingerprint density at radius 3 is 2.84 bits per heavy atom. The summed E-state index contributed by atoms with van der Waals surface area (Å²) in [5, 5.41) is 11.8. The van der Waals surface area contributed by atoms with Crippen LogP contribution in [0.25, 0.3) is 0 Å². The molecule has 0 spiro atoms. The number of anilines is 1. The number of thiazole rings is 1. The van der Waals surface area contributed by atoms with E-state index in [0.717, 1.165) is 4.88 Å². The van der Waals surface area contributed by atoms with Crippen molar-refractivity contribution in [1.82, 2.24) is 9.88 Å². The van der Waals surface area contributed by atoms with Crippen LogP contribution in [0, 0.1) is 6.92 Å². The third-order valence-electron chi connectivity index (χ3n) is 2.72. The molecule has 1 aliphatic heterocycles. The fourth-order valence-corrected chi connectivity index (χ4v) is 2.47. The number of carboxylic acid groups (broad SMARTS) is 1. The number of hydrogen-bond acceptors (Lipinski definition) is 5. The van der Waals surface area contributed by atoms with Gasteiger partial charge in [0.05, 0.1) is 13.1 Å². The molecule has 1 saturated heterocycles. The number of aromatic nitrogens is 1. The molecular formula is C11H15N3O4S. The van der Waals surface area contributed by atoms with Crippen molar-refractivity contribution in [2.24, 2.45) is 0 Å². The summed E-state index contributed by atoms with van der Waals surface area (Å²) in [7, 11) is 0. The van der Waals surface area contributed by atoms with Crippen LogP contribution in [0.5, 0.6) is 0 Å². The van der Waals surface area contributed by atoms with Crippen LogP contribution < -0.4 is 5.32 Å². The van der Waals surface area contributed by atoms with Gasteiger partial charge in [-0.2, -0.15) is 0 Å². The SMILES string of the molecule is Cc1cnc(NC(=O)N2CC(C)(OCC(=O)O)C2)s1. The van der Waals surface area contributed by atoms with E-state index in [1.54, 1.807) is 18.0 Å². The van der Waals surface area contributed by atoms with Crippen LogP contribution in [0.2, 0.25) is 0 Å². The van der Waals surface area contributed by atoms with E-state index in [0.29, 0.717) is 18.2 Å². The van der Waals surface area contributed by atoms with E-state index in [1.807, 2.05) is 6.92 Å². The fourth-order valence-electron chi connectivity index (χ4n) is 1.82. The van der Waals surface area contributed by atoms with E-state index in [9.17, 15) is 9.59 Å². The first-order chi connectivity index (χ1) is 8.88. The topological polar surface area (TPSA) is 91.8 Å². The summed E-state index contributed by atoms with van der Waals surface area (Å²) >= 11 is 1.40. The summed E-state index contributed by atoms with van der Waals surface area (Å²) in [5.41, 5.74) is -0.575. The van der Waals surface area contributed by atoms with Crippen molar-refractivity contribution in [2.45, 2.75) is 19.4 Å². The molecule has 0 aliphatic carbocycles. The van der Waals surface area contributed by atoms with Gasteiger partial charge in [0.15, 0.2) is 5.13 Å². The van der Waals surface area contributed by atoms with Crippen LogP contribution in [0.1, 0.15) is 11.8 Å². The van der Waals surface area contributed by atoms with Gasteiger partial charge in [0.2, 0.25) is 0 Å². The molecule has 0 aromatic carbocycles. The molecule has 0 bridgehead atoms. The number of carbonyl (C=O) groups is 2. The van der Waals surface area contributed by atoms with E-state index in [4.69, 9.17) is 9.84 Å². The van der Waals surface area contributed by atoms with Crippen molar-refractivity contribution in [3.8, 4) is 0 Å². The predicted octanol–water partition coefficient (Wildman–Crippen LogP) is 1.16. The number of rotatable bonds is 4. The first-order valence-electron chi connectivity index (χ1n) is 5.72. The van der Waals surface area contributed by atoms with Crippen molar-refractivity contribution in [2.75, 3.05) is 25.0 Å². The Morgan fingerprint density at radius 2 is 2.32 bits per heavy atom. The molecule has 0 atom stereocenters. The summed E-state index contributed by atoms with van der Waals surface area (Å²) in [4.78, 5) is 28.9. The molecule has 1 fully saturated rings. The number of amides is 2. The lowest BCUT2D eigenvalue weighted by Gasteiger charge is -2.46. The van der Waals surface area contributed by atoms with Gasteiger partial charge in [-0.1, -0.05) is 0 Å². The zero-order valence-corrected chi connectivity index (χ0v) is 11.5. The average molecular weight is 285 g/mol. The molecule has 7 nitrogen and oxygen atoms in total. The molecule has 104 valence electrons. The summed E-state index contributed by atoms with van der Waals surface area (Å²) in [6, 6.07) is -0.245. The third kappa shape index (κ3) is 3.42. The number of aliphatic carboxylic acids is 1. The Labute approximate surface area is 114 Å². The fraction of sp³-hybridized carbons (Fsp3) is 0.545. The van der Waals surface area contributed by atoms with Gasteiger partial charge in [-0.3, -0.25) is 5.32 Å². The zero-order valence-electron chi connectivity index (χ0n) is 10.7. The third-order valence-corrected chi connectivity index (χ3v) is 3.55. The summed E-state index contributed by atoms with van der Waals surface area (Å²) < 4.78 is 5.23. The van der Waals surface area contributed by atoms with Gasteiger partial charge >= 0.3 is 12.0 Å². The highest BCUT2D eigenvalue weighted by Crippen LogP contribution is 2.26. The molecular weight excluding hydrogens is 270 g/mol. The number of hydrogen-bond donors (Lipinski definition) is 2. The van der Waals surface area contributed by atoms with Crippen LogP contribution in [0.15, 0.2) is 6.20 Å². The maximum Gasteiger partial charge on any atom is 0.329 e. The van der Waals surface area contributed by atoms with E-state index < -0.39 is 11.6 Å². The number of nitrogens with one attached hydrogen (secondary N) is 1. The Hall–Kier alpha value is -1.67. The van der Waals surface area contributed by atoms with Gasteiger partial charge in [0.25, 0.3) is 0 Å². The van der Waals surface area contributed by atoms with Gasteiger partial charge < -0.3 is 14.7 Å². The number of carbonyl (C=O) groups excluding carboxylic acids is 1. The lowest BCUT2D eigenvalue weighted by Crippen LogP contribution is -2.64. The maximum atomic E-state index is 11.8. The van der Waals surface area contributed by atoms with Crippen molar-refractivity contribution >= 4 is 28.5 Å². The minimum absolute atomic E-state index is 0.245. The monoisotopic (exact) mass is 285 g/mol. The average Bonchev–Trinajstić information content (AvgIpc) is 2.68. The summed E-state index contributed by atoms with van der Waals surface area (Å²) in [6.45, 7) is 4.09. The van der Waals surface area contributed by atoms with Crippen LogP contribution in [-0.2, 0) is 9.53 Å². The number of ether oxygens (including phenoxy) is 1. The lowest BCUT2D eigenvalue weighted by atomic mass is 9.97. The molecule has 2 amide bonds. The quantitative estimate of drug-likeness (QED) is 0.866. The zero-order chi connectivity index (χ0) is 14.0. The molecule has 0 saturated carbocycles. The first kappa shape index (κ1) is 13.8. The summed E-state index contributed by atoms with van der Waals surface area (Å²) in [5.74, 6) is -1.01. The number of nitrogens with zero attached hydrogens (tertiary/aromatic N) is 2. The van der Waals surface area contributed by atoms with Gasteiger partial charge in [0.1, 0.15) is 12.2 Å². The standard InChI is InChI=1S/C11H15N3O4S/c1-7-3-12-9(19-7)13-10(17)14-5-11(2,6-14)18-4-8(15)16/h3H,4-6H2,1-2H3,(H,15,16)(H,12,13,17). The van der Waals surface area contributed by atoms with Crippen molar-refractivity contribution < 1.29 is 19.4 Å². The molecule has 1 aromatic heterocycles. The van der Waals surface area contributed by atoms with E-state index in [2.05, 4.69) is 10.3 Å². The molecule has 0 radical (unpaired) electrons. The Kier molecular flexibility index (Phi) is 3.72. The Balaban J connectivity index is 1.79. The minimum atomic E-state index is -1.01. The van der Waals surface area contributed by atoms with E-state index in [-0.39, 0.29) is 12.6 Å². The second kappa shape index (κ2) is 5.14. The van der Waals surface area contributed by atoms with Crippen LogP contribution in [0.3, 0.4) is 0 Å². The van der Waals surface area contributed by atoms with Gasteiger partial charge in [-0.05, 0) is 13.8 Å². The molecule has 8 heteroatoms. The highest BCUT2D eigenvalue weighted by atomic mass is 32.1. The molecule has 1 aromatic rings. The normalized spacial score (nSPS) is 16.8. The first-order valence-corrected chi connectivity index (χ1v) is 6.54. The van der Waals surface area contributed by atoms with Crippen molar-refractivity contribution in [3.63, 3.8) is 0 Å². The molecule has 2 heterocycles. The lowest BCUT2D eigenvalue weighted by molar-refractivity contribution is -0.159. The molecule has 1 aliphatic rings. The maximum absolute atomic E-state index is 11.8. The number of urea groups is 1. The van der Waals surface area contributed by atoms with Crippen LogP contribution in [0.4, 0.5) is 9.93 Å². The van der Waals surface area contributed by atoms with Gasteiger partial charge in [-0.15, -0.1) is 11.3 Å². The molecule has 19 heavy (non-hydrogen) atoms. The molecule has 2 N–H and O–H groups in total. The number of aryl methyl sites for hydroxylation is 1. The predicted molar refractivity (Wildman–Crippen MR) is 69.4 cm³/mol. The molecule has 0 unspecified atom stereocenters. The van der Waals surface area contributed by atoms with E-state index >= 15 is 0 Å². The number of carboxylic acids is 1. The van der Waals surface area contributed by atoms with Crippen molar-refractivity contribution in [1.29, 1.82) is 0 Å². The Bertz CT molecular complexity index is 496. The highest BCUT2D eigenvalue weighted by molar-refractivity contribution is 7.15. The highest BCUT2D eigenvalue weighted by Gasteiger charge is 2.42. The second-order valence-electron chi connectivity index (χ2n) is 4.69. The summed E-state index contributed by atoms with van der Waals surface area (Å²) in [6.07, 6.45) is 1.69. The largest absolute Gasteiger partial charge is 0.480 e. The van der Waals surface area contributed by atoms with Crippen molar-refractivity contribution in [3.05, 3.63) is 11.1 Å². The smallest absolute Gasteiger partial charge is 0.329 e. The van der Waals surface area contributed by atoms with E-state index in [1.165, 1.54) is 11.3 Å². The molecule has 2 rings (SSSR count). The number of likely N-dealkylation sites (tertiary alicyclic amines) is 1.